The number of hydrogen-bond donors (Lipinski definition) is 1. The second-order valence-corrected chi connectivity index (χ2v) is 5.28. The predicted molar refractivity (Wildman–Crippen MR) is 70.8 cm³/mol. The van der Waals surface area contributed by atoms with E-state index in [1.54, 1.807) is 25.2 Å². The molecule has 1 aliphatic carbocycles. The Morgan fingerprint density at radius 2 is 2.18 bits per heavy atom. The second-order valence-electron chi connectivity index (χ2n) is 4.27. The van der Waals surface area contributed by atoms with Crippen LogP contribution in [0.15, 0.2) is 11.4 Å². The molecule has 17 heavy (non-hydrogen) atoms. The van der Waals surface area contributed by atoms with E-state index in [0.717, 1.165) is 28.3 Å². The molecule has 1 N–H and O–H groups in total. The number of methoxy groups -OCH3 is 1. The summed E-state index contributed by atoms with van der Waals surface area (Å²) in [6.07, 6.45) is 7.08. The van der Waals surface area contributed by atoms with Gasteiger partial charge < -0.3 is 10.1 Å². The second kappa shape index (κ2) is 6.10. The molecule has 94 valence electrons. The van der Waals surface area contributed by atoms with Crippen LogP contribution in [0.2, 0.25) is 0 Å². The predicted octanol–water partition coefficient (Wildman–Crippen LogP) is 2.81. The van der Waals surface area contributed by atoms with Gasteiger partial charge in [-0.2, -0.15) is 0 Å². The van der Waals surface area contributed by atoms with Crippen molar-refractivity contribution in [2.45, 2.75) is 30.7 Å². The molecule has 1 aliphatic rings. The van der Waals surface area contributed by atoms with Gasteiger partial charge in [-0.05, 0) is 18.8 Å². The summed E-state index contributed by atoms with van der Waals surface area (Å²) >= 11 is 1.78. The van der Waals surface area contributed by atoms with Crippen molar-refractivity contribution in [1.29, 1.82) is 0 Å². The van der Waals surface area contributed by atoms with Gasteiger partial charge in [0.15, 0.2) is 11.6 Å². The molecular formula is C12H19N3OS. The zero-order valence-electron chi connectivity index (χ0n) is 10.4. The maximum atomic E-state index is 5.37. The van der Waals surface area contributed by atoms with E-state index in [9.17, 15) is 0 Å². The molecule has 1 aromatic rings. The lowest BCUT2D eigenvalue weighted by Crippen LogP contribution is -2.02. The monoisotopic (exact) mass is 253 g/mol. The van der Waals surface area contributed by atoms with Crippen LogP contribution in [0, 0.1) is 5.92 Å². The number of nitrogens with zero attached hydrogens (tertiary/aromatic N) is 2. The molecule has 0 bridgehead atoms. The molecular weight excluding hydrogens is 234 g/mol. The minimum Gasteiger partial charge on any atom is -0.490 e. The molecule has 0 spiro atoms. The first-order valence-corrected chi connectivity index (χ1v) is 7.03. The van der Waals surface area contributed by atoms with Crippen molar-refractivity contribution in [3.63, 3.8) is 0 Å². The maximum Gasteiger partial charge on any atom is 0.193 e. The summed E-state index contributed by atoms with van der Waals surface area (Å²) in [6.45, 7) is 0. The third-order valence-corrected chi connectivity index (χ3v) is 4.34. The number of thioether (sulfide) groups is 1. The number of anilines is 1. The highest BCUT2D eigenvalue weighted by Gasteiger charge is 2.18. The first-order valence-electron chi connectivity index (χ1n) is 6.04. The van der Waals surface area contributed by atoms with Crippen molar-refractivity contribution in [1.82, 2.24) is 9.97 Å². The van der Waals surface area contributed by atoms with E-state index < -0.39 is 0 Å². The van der Waals surface area contributed by atoms with Crippen LogP contribution >= 0.6 is 11.8 Å². The van der Waals surface area contributed by atoms with Crippen LogP contribution in [0.25, 0.3) is 0 Å². The number of nitrogens with one attached hydrogen (secondary N) is 1. The first-order chi connectivity index (χ1) is 8.35. The average Bonchev–Trinajstić information content (AvgIpc) is 2.88. The minimum atomic E-state index is 0.761. The Morgan fingerprint density at radius 3 is 2.82 bits per heavy atom. The van der Waals surface area contributed by atoms with E-state index in [2.05, 4.69) is 15.3 Å². The normalized spacial score (nSPS) is 16.1. The highest BCUT2D eigenvalue weighted by molar-refractivity contribution is 7.99. The van der Waals surface area contributed by atoms with Gasteiger partial charge in [0.05, 0.1) is 7.11 Å². The number of aromatic nitrogens is 2. The van der Waals surface area contributed by atoms with Crippen molar-refractivity contribution < 1.29 is 4.74 Å². The Morgan fingerprint density at radius 1 is 1.41 bits per heavy atom. The van der Waals surface area contributed by atoms with Crippen LogP contribution in [-0.2, 0) is 0 Å². The van der Waals surface area contributed by atoms with Gasteiger partial charge in [0, 0.05) is 12.8 Å². The van der Waals surface area contributed by atoms with Gasteiger partial charge in [-0.25, -0.2) is 9.97 Å². The fraction of sp³-hybridized carbons (Fsp3) is 0.667. The first kappa shape index (κ1) is 12.5. The van der Waals surface area contributed by atoms with Crippen LogP contribution < -0.4 is 10.1 Å². The Labute approximate surface area is 107 Å². The zero-order chi connectivity index (χ0) is 12.1. The van der Waals surface area contributed by atoms with Crippen LogP contribution in [-0.4, -0.2) is 29.9 Å². The minimum absolute atomic E-state index is 0.761. The molecule has 1 saturated carbocycles. The summed E-state index contributed by atoms with van der Waals surface area (Å²) in [7, 11) is 3.51. The van der Waals surface area contributed by atoms with Crippen molar-refractivity contribution >= 4 is 17.6 Å². The summed E-state index contributed by atoms with van der Waals surface area (Å²) in [5.74, 6) is 3.50. The summed E-state index contributed by atoms with van der Waals surface area (Å²) in [5.41, 5.74) is 0. The summed E-state index contributed by atoms with van der Waals surface area (Å²) in [6, 6.07) is 0. The Bertz CT molecular complexity index is 367. The van der Waals surface area contributed by atoms with E-state index in [4.69, 9.17) is 4.74 Å². The molecule has 0 aliphatic heterocycles. The number of ether oxygens (including phenoxy) is 1. The van der Waals surface area contributed by atoms with Crippen LogP contribution in [0.3, 0.4) is 0 Å². The van der Waals surface area contributed by atoms with E-state index in [0.29, 0.717) is 0 Å². The number of rotatable bonds is 5. The average molecular weight is 253 g/mol. The van der Waals surface area contributed by atoms with Crippen molar-refractivity contribution in [3.8, 4) is 5.75 Å². The fourth-order valence-electron chi connectivity index (χ4n) is 2.20. The number of hydrogen-bond acceptors (Lipinski definition) is 5. The van der Waals surface area contributed by atoms with Gasteiger partial charge in [-0.1, -0.05) is 12.8 Å². The zero-order valence-corrected chi connectivity index (χ0v) is 11.2. The van der Waals surface area contributed by atoms with Crippen LogP contribution in [0.4, 0.5) is 5.82 Å². The maximum absolute atomic E-state index is 5.37. The molecule has 2 rings (SSSR count). The Balaban J connectivity index is 2.03. The summed E-state index contributed by atoms with van der Waals surface area (Å²) < 4.78 is 5.37. The molecule has 1 heterocycles. The smallest absolute Gasteiger partial charge is 0.193 e. The van der Waals surface area contributed by atoms with Crippen molar-refractivity contribution in [2.75, 3.05) is 25.2 Å². The third-order valence-electron chi connectivity index (χ3n) is 3.14. The standard InChI is InChI=1S/C12H19N3OS/c1-13-11-10(16-2)12(15-8-14-11)17-7-9-5-3-4-6-9/h8-9H,3-7H2,1-2H3,(H,13,14,15). The van der Waals surface area contributed by atoms with Crippen molar-refractivity contribution in [2.24, 2.45) is 5.92 Å². The van der Waals surface area contributed by atoms with Crippen LogP contribution in [0.1, 0.15) is 25.7 Å². The van der Waals surface area contributed by atoms with E-state index in [-0.39, 0.29) is 0 Å². The molecule has 0 saturated heterocycles. The van der Waals surface area contributed by atoms with Gasteiger partial charge >= 0.3 is 0 Å². The highest BCUT2D eigenvalue weighted by atomic mass is 32.2. The highest BCUT2D eigenvalue weighted by Crippen LogP contribution is 2.36. The molecule has 0 radical (unpaired) electrons. The van der Waals surface area contributed by atoms with Gasteiger partial charge in [0.2, 0.25) is 0 Å². The van der Waals surface area contributed by atoms with Gasteiger partial charge in [0.25, 0.3) is 0 Å². The third kappa shape index (κ3) is 3.03. The molecule has 4 nitrogen and oxygen atoms in total. The lowest BCUT2D eigenvalue weighted by Gasteiger charge is -2.12. The van der Waals surface area contributed by atoms with E-state index in [1.165, 1.54) is 25.7 Å². The lowest BCUT2D eigenvalue weighted by molar-refractivity contribution is 0.400. The topological polar surface area (TPSA) is 47.0 Å². The fourth-order valence-corrected chi connectivity index (χ4v) is 3.36. The quantitative estimate of drug-likeness (QED) is 0.646. The molecule has 0 unspecified atom stereocenters. The SMILES string of the molecule is CNc1ncnc(SCC2CCCC2)c1OC. The molecule has 0 atom stereocenters. The van der Waals surface area contributed by atoms with Crippen LogP contribution in [0.5, 0.6) is 5.75 Å². The molecule has 5 heteroatoms. The summed E-state index contributed by atoms with van der Waals surface area (Å²) in [4.78, 5) is 8.45. The Hall–Kier alpha value is -0.970. The van der Waals surface area contributed by atoms with E-state index >= 15 is 0 Å². The van der Waals surface area contributed by atoms with Gasteiger partial charge in [-0.3, -0.25) is 0 Å². The Kier molecular flexibility index (Phi) is 4.48. The largest absolute Gasteiger partial charge is 0.490 e. The van der Waals surface area contributed by atoms with Crippen molar-refractivity contribution in [3.05, 3.63) is 6.33 Å². The van der Waals surface area contributed by atoms with Gasteiger partial charge in [-0.15, -0.1) is 11.8 Å². The molecule has 0 amide bonds. The van der Waals surface area contributed by atoms with E-state index in [1.807, 2.05) is 7.05 Å². The lowest BCUT2D eigenvalue weighted by atomic mass is 10.1. The molecule has 1 aromatic heterocycles. The van der Waals surface area contributed by atoms with Gasteiger partial charge in [0.1, 0.15) is 11.4 Å². The molecule has 0 aromatic carbocycles. The molecule has 1 fully saturated rings. The summed E-state index contributed by atoms with van der Waals surface area (Å²) in [5, 5.41) is 3.97.